The Morgan fingerprint density at radius 3 is 2.60 bits per heavy atom. The van der Waals surface area contributed by atoms with Gasteiger partial charge in [0.05, 0.1) is 5.56 Å². The number of carbonyl (C=O) groups excluding carboxylic acids is 2. The van der Waals surface area contributed by atoms with Gasteiger partial charge in [-0.1, -0.05) is 0 Å². The van der Waals surface area contributed by atoms with Gasteiger partial charge in [0.15, 0.2) is 0 Å². The molecule has 0 bridgehead atoms. The summed E-state index contributed by atoms with van der Waals surface area (Å²) < 4.78 is 0. The normalized spacial score (nSPS) is 9.85. The van der Waals surface area contributed by atoms with Gasteiger partial charge < -0.3 is 15.6 Å². The number of carbonyl (C=O) groups is 2. The molecule has 2 aromatic rings. The molecule has 7 nitrogen and oxygen atoms in total. The summed E-state index contributed by atoms with van der Waals surface area (Å²) in [6.07, 6.45) is 2.79. The molecule has 0 aromatic carbocycles. The number of H-pyrrole nitrogens is 1. The van der Waals surface area contributed by atoms with Crippen LogP contribution < -0.4 is 16.2 Å². The van der Waals surface area contributed by atoms with Crippen LogP contribution in [0.4, 0.5) is 11.5 Å². The van der Waals surface area contributed by atoms with E-state index in [-0.39, 0.29) is 22.7 Å². The van der Waals surface area contributed by atoms with E-state index < -0.39 is 5.91 Å². The number of aromatic amines is 1. The van der Waals surface area contributed by atoms with Crippen LogP contribution in [0.2, 0.25) is 0 Å². The van der Waals surface area contributed by atoms with Gasteiger partial charge in [0.25, 0.3) is 11.5 Å². The fourth-order valence-electron chi connectivity index (χ4n) is 1.50. The van der Waals surface area contributed by atoms with Crippen LogP contribution in [-0.2, 0) is 4.79 Å². The zero-order valence-electron chi connectivity index (χ0n) is 10.6. The molecule has 0 aliphatic rings. The molecule has 0 fully saturated rings. The van der Waals surface area contributed by atoms with Crippen molar-refractivity contribution in [3.63, 3.8) is 0 Å². The Hall–Kier alpha value is -2.96. The summed E-state index contributed by atoms with van der Waals surface area (Å²) in [4.78, 5) is 40.6. The van der Waals surface area contributed by atoms with E-state index in [1.807, 2.05) is 0 Å². The minimum Gasteiger partial charge on any atom is -0.327 e. The van der Waals surface area contributed by atoms with Gasteiger partial charge in [-0.25, -0.2) is 4.98 Å². The quantitative estimate of drug-likeness (QED) is 0.774. The lowest BCUT2D eigenvalue weighted by Crippen LogP contribution is -2.19. The summed E-state index contributed by atoms with van der Waals surface area (Å²) in [6.45, 7) is 1.37. The van der Waals surface area contributed by atoms with Crippen molar-refractivity contribution in [3.8, 4) is 0 Å². The predicted molar refractivity (Wildman–Crippen MR) is 73.6 cm³/mol. The van der Waals surface area contributed by atoms with Gasteiger partial charge in [0, 0.05) is 19.3 Å². The van der Waals surface area contributed by atoms with Crippen molar-refractivity contribution >= 4 is 23.3 Å². The minimum absolute atomic E-state index is 0.156. The Labute approximate surface area is 114 Å². The zero-order valence-corrected chi connectivity index (χ0v) is 10.6. The van der Waals surface area contributed by atoms with Crippen molar-refractivity contribution in [3.05, 3.63) is 52.6 Å². The standard InChI is InChI=1S/C13H12N4O3/c1-8(18)16-11-5-4-9(7-15-11)12(19)17-10-3-2-6-14-13(10)20/h2-7H,1H3,(H,14,20)(H,17,19)(H,15,16,18). The monoisotopic (exact) mass is 272 g/mol. The molecular formula is C13H12N4O3. The van der Waals surface area contributed by atoms with Crippen LogP contribution in [0.25, 0.3) is 0 Å². The molecule has 2 heterocycles. The molecule has 0 radical (unpaired) electrons. The molecular weight excluding hydrogens is 260 g/mol. The highest BCUT2D eigenvalue weighted by Crippen LogP contribution is 2.07. The molecule has 0 saturated carbocycles. The molecule has 0 saturated heterocycles. The first-order chi connectivity index (χ1) is 9.56. The smallest absolute Gasteiger partial charge is 0.271 e. The Bertz CT molecular complexity index is 691. The highest BCUT2D eigenvalue weighted by atomic mass is 16.2. The van der Waals surface area contributed by atoms with Crippen LogP contribution in [0.15, 0.2) is 41.5 Å². The lowest BCUT2D eigenvalue weighted by molar-refractivity contribution is -0.114. The molecule has 3 N–H and O–H groups in total. The summed E-state index contributed by atoms with van der Waals surface area (Å²) >= 11 is 0. The van der Waals surface area contributed by atoms with E-state index >= 15 is 0 Å². The van der Waals surface area contributed by atoms with Crippen molar-refractivity contribution in [1.82, 2.24) is 9.97 Å². The van der Waals surface area contributed by atoms with Gasteiger partial charge in [-0.15, -0.1) is 0 Å². The van der Waals surface area contributed by atoms with E-state index in [1.54, 1.807) is 6.07 Å². The predicted octanol–water partition coefficient (Wildman–Crippen LogP) is 0.981. The van der Waals surface area contributed by atoms with Crippen LogP contribution in [0, 0.1) is 0 Å². The first-order valence-electron chi connectivity index (χ1n) is 5.79. The minimum atomic E-state index is -0.455. The second-order valence-electron chi connectivity index (χ2n) is 3.98. The van der Waals surface area contributed by atoms with Gasteiger partial charge in [-0.2, -0.15) is 0 Å². The third-order valence-corrected chi connectivity index (χ3v) is 2.40. The van der Waals surface area contributed by atoms with Gasteiger partial charge >= 0.3 is 0 Å². The number of amides is 2. The van der Waals surface area contributed by atoms with Crippen molar-refractivity contribution in [2.75, 3.05) is 10.6 Å². The molecule has 2 amide bonds. The van der Waals surface area contributed by atoms with Crippen LogP contribution in [-0.4, -0.2) is 21.8 Å². The number of nitrogens with one attached hydrogen (secondary N) is 3. The summed E-state index contributed by atoms with van der Waals surface area (Å²) in [6, 6.07) is 6.11. The van der Waals surface area contributed by atoms with Crippen LogP contribution in [0.3, 0.4) is 0 Å². The van der Waals surface area contributed by atoms with E-state index in [9.17, 15) is 14.4 Å². The number of hydrogen-bond acceptors (Lipinski definition) is 4. The maximum Gasteiger partial charge on any atom is 0.271 e. The first kappa shape index (κ1) is 13.5. The highest BCUT2D eigenvalue weighted by Gasteiger charge is 2.08. The van der Waals surface area contributed by atoms with Crippen molar-refractivity contribution < 1.29 is 9.59 Å². The summed E-state index contributed by atoms with van der Waals surface area (Å²) in [5.41, 5.74) is 0.0504. The number of aromatic nitrogens is 2. The van der Waals surface area contributed by atoms with Crippen molar-refractivity contribution in [2.45, 2.75) is 6.92 Å². The Kier molecular flexibility index (Phi) is 3.90. The second-order valence-corrected chi connectivity index (χ2v) is 3.98. The zero-order chi connectivity index (χ0) is 14.5. The molecule has 0 spiro atoms. The second kappa shape index (κ2) is 5.79. The fraction of sp³-hybridized carbons (Fsp3) is 0.0769. The third kappa shape index (κ3) is 3.29. The fourth-order valence-corrected chi connectivity index (χ4v) is 1.50. The molecule has 0 unspecified atom stereocenters. The molecule has 102 valence electrons. The van der Waals surface area contributed by atoms with Gasteiger partial charge in [-0.05, 0) is 24.3 Å². The molecule has 20 heavy (non-hydrogen) atoms. The average Bonchev–Trinajstić information content (AvgIpc) is 2.41. The van der Waals surface area contributed by atoms with Crippen LogP contribution >= 0.6 is 0 Å². The number of anilines is 2. The van der Waals surface area contributed by atoms with E-state index in [4.69, 9.17) is 0 Å². The van der Waals surface area contributed by atoms with E-state index in [0.717, 1.165) is 0 Å². The maximum atomic E-state index is 11.9. The Morgan fingerprint density at radius 2 is 2.00 bits per heavy atom. The van der Waals surface area contributed by atoms with E-state index in [0.29, 0.717) is 5.82 Å². The SMILES string of the molecule is CC(=O)Nc1ccc(C(=O)Nc2ccc[nH]c2=O)cn1. The van der Waals surface area contributed by atoms with E-state index in [2.05, 4.69) is 20.6 Å². The van der Waals surface area contributed by atoms with Gasteiger partial charge in [-0.3, -0.25) is 14.4 Å². The number of hydrogen-bond donors (Lipinski definition) is 3. The van der Waals surface area contributed by atoms with Gasteiger partial charge in [0.2, 0.25) is 5.91 Å². The van der Waals surface area contributed by atoms with Crippen LogP contribution in [0.5, 0.6) is 0 Å². The molecule has 2 rings (SSSR count). The average molecular weight is 272 g/mol. The third-order valence-electron chi connectivity index (χ3n) is 2.40. The maximum absolute atomic E-state index is 11.9. The first-order valence-corrected chi connectivity index (χ1v) is 5.79. The molecule has 0 atom stereocenters. The number of pyridine rings is 2. The topological polar surface area (TPSA) is 104 Å². The van der Waals surface area contributed by atoms with Crippen molar-refractivity contribution in [2.24, 2.45) is 0 Å². The molecule has 0 aliphatic heterocycles. The Morgan fingerprint density at radius 1 is 1.20 bits per heavy atom. The Balaban J connectivity index is 2.12. The summed E-state index contributed by atoms with van der Waals surface area (Å²) in [5.74, 6) is -0.347. The van der Waals surface area contributed by atoms with Crippen LogP contribution in [0.1, 0.15) is 17.3 Å². The lowest BCUT2D eigenvalue weighted by Gasteiger charge is -2.05. The molecule has 0 aliphatic carbocycles. The highest BCUT2D eigenvalue weighted by molar-refractivity contribution is 6.04. The largest absolute Gasteiger partial charge is 0.327 e. The molecule has 2 aromatic heterocycles. The number of rotatable bonds is 3. The lowest BCUT2D eigenvalue weighted by atomic mass is 10.2. The number of nitrogens with zero attached hydrogens (tertiary/aromatic N) is 1. The summed E-state index contributed by atoms with van der Waals surface area (Å²) in [7, 11) is 0. The summed E-state index contributed by atoms with van der Waals surface area (Å²) in [5, 5.41) is 4.97. The van der Waals surface area contributed by atoms with E-state index in [1.165, 1.54) is 37.5 Å². The van der Waals surface area contributed by atoms with Crippen molar-refractivity contribution in [1.29, 1.82) is 0 Å². The van der Waals surface area contributed by atoms with Gasteiger partial charge in [0.1, 0.15) is 11.5 Å². The molecule has 7 heteroatoms.